The van der Waals surface area contributed by atoms with Crippen molar-refractivity contribution in [1.82, 2.24) is 31.2 Å². The second kappa shape index (κ2) is 22.4. The minimum Gasteiger partial charge on any atom is -0.444 e. The van der Waals surface area contributed by atoms with Crippen LogP contribution in [0.2, 0.25) is 0 Å². The molecule has 13 heteroatoms. The van der Waals surface area contributed by atoms with Gasteiger partial charge in [-0.1, -0.05) is 101 Å². The van der Waals surface area contributed by atoms with Gasteiger partial charge in [-0.3, -0.25) is 29.1 Å². The summed E-state index contributed by atoms with van der Waals surface area (Å²) in [5, 5.41) is 22.9. The molecule has 2 aromatic carbocycles. The zero-order chi connectivity index (χ0) is 42.1. The van der Waals surface area contributed by atoms with Crippen LogP contribution in [0.25, 0.3) is 0 Å². The lowest BCUT2D eigenvalue weighted by Crippen LogP contribution is -2.58. The molecule has 310 valence electrons. The molecule has 0 saturated heterocycles. The fraction of sp³-hybridized carbons (Fsp3) is 0.500. The van der Waals surface area contributed by atoms with E-state index in [9.17, 15) is 29.1 Å². The number of likely N-dealkylation sites (N-methyl/N-ethyl adjacent to an activating group) is 1. The summed E-state index contributed by atoms with van der Waals surface area (Å²) in [6, 6.07) is 19.9. The van der Waals surface area contributed by atoms with Crippen LogP contribution in [0.5, 0.6) is 0 Å². The summed E-state index contributed by atoms with van der Waals surface area (Å²) in [6.07, 6.45) is 0.453. The van der Waals surface area contributed by atoms with Gasteiger partial charge in [-0.2, -0.15) is 0 Å². The highest BCUT2D eigenvalue weighted by Gasteiger charge is 2.35. The number of ether oxygens (including phenoxy) is 1. The molecule has 6 atom stereocenters. The van der Waals surface area contributed by atoms with Crippen LogP contribution in [-0.4, -0.2) is 87.6 Å². The van der Waals surface area contributed by atoms with Gasteiger partial charge >= 0.3 is 6.09 Å². The van der Waals surface area contributed by atoms with Gasteiger partial charge in [-0.15, -0.1) is 0 Å². The first-order valence-corrected chi connectivity index (χ1v) is 19.8. The molecule has 0 fully saturated rings. The summed E-state index contributed by atoms with van der Waals surface area (Å²) in [5.41, 5.74) is 1.44. The van der Waals surface area contributed by atoms with Crippen molar-refractivity contribution >= 4 is 29.7 Å². The van der Waals surface area contributed by atoms with Gasteiger partial charge in [0.05, 0.1) is 30.8 Å². The molecule has 0 radical (unpaired) electrons. The van der Waals surface area contributed by atoms with E-state index >= 15 is 0 Å². The number of pyridine rings is 1. The largest absolute Gasteiger partial charge is 0.444 e. The Morgan fingerprint density at radius 2 is 1.39 bits per heavy atom. The normalized spacial score (nSPS) is 14.6. The molecule has 1 heterocycles. The van der Waals surface area contributed by atoms with Gasteiger partial charge in [-0.05, 0) is 62.3 Å². The molecule has 0 saturated carbocycles. The van der Waals surface area contributed by atoms with Crippen molar-refractivity contribution in [1.29, 1.82) is 0 Å². The van der Waals surface area contributed by atoms with E-state index in [0.29, 0.717) is 18.5 Å². The summed E-state index contributed by atoms with van der Waals surface area (Å²) in [6.45, 7) is 13.1. The third-order valence-corrected chi connectivity index (χ3v) is 9.53. The molecule has 0 spiro atoms. The zero-order valence-electron chi connectivity index (χ0n) is 34.7. The zero-order valence-corrected chi connectivity index (χ0v) is 34.7. The summed E-state index contributed by atoms with van der Waals surface area (Å²) in [4.78, 5) is 73.8. The predicted octanol–water partition coefficient (Wildman–Crippen LogP) is 4.72. The SMILES string of the molecule is CC[C@H](C)[C@H](NC(=O)C[C@H](O)[C@H](CC(C)C)NC(=O)[C@H](Cc1ccccc1)NC(=O)[C@H](Cc1ccccc1)N(C)C(=O)OC(C)(C)C)C(=O)NCc1ccccn1. The van der Waals surface area contributed by atoms with E-state index in [1.165, 1.54) is 11.9 Å². The van der Waals surface area contributed by atoms with E-state index in [0.717, 1.165) is 11.1 Å². The topological polar surface area (TPSA) is 179 Å². The van der Waals surface area contributed by atoms with Crippen molar-refractivity contribution in [3.8, 4) is 0 Å². The van der Waals surface area contributed by atoms with Crippen LogP contribution in [0, 0.1) is 11.8 Å². The first-order chi connectivity index (χ1) is 27.0. The number of hydrogen-bond donors (Lipinski definition) is 5. The molecule has 13 nitrogen and oxygen atoms in total. The van der Waals surface area contributed by atoms with Crippen LogP contribution in [0.15, 0.2) is 85.1 Å². The second-order valence-electron chi connectivity index (χ2n) is 16.0. The first-order valence-electron chi connectivity index (χ1n) is 19.8. The summed E-state index contributed by atoms with van der Waals surface area (Å²) < 4.78 is 5.59. The van der Waals surface area contributed by atoms with Crippen molar-refractivity contribution in [3.05, 3.63) is 102 Å². The maximum absolute atomic E-state index is 14.2. The van der Waals surface area contributed by atoms with Crippen LogP contribution in [-0.2, 0) is 43.3 Å². The number of nitrogens with zero attached hydrogens (tertiary/aromatic N) is 2. The van der Waals surface area contributed by atoms with Crippen molar-refractivity contribution in [2.75, 3.05) is 7.05 Å². The third-order valence-electron chi connectivity index (χ3n) is 9.53. The third kappa shape index (κ3) is 16.0. The molecule has 1 aromatic heterocycles. The molecule has 57 heavy (non-hydrogen) atoms. The van der Waals surface area contributed by atoms with E-state index in [4.69, 9.17) is 4.74 Å². The van der Waals surface area contributed by atoms with Gasteiger partial charge in [0.15, 0.2) is 0 Å². The highest BCUT2D eigenvalue weighted by molar-refractivity contribution is 5.92. The molecule has 3 rings (SSSR count). The molecule has 0 aliphatic rings. The van der Waals surface area contributed by atoms with Crippen LogP contribution < -0.4 is 21.3 Å². The minimum atomic E-state index is -1.32. The number of carbonyl (C=O) groups excluding carboxylic acids is 5. The monoisotopic (exact) mass is 786 g/mol. The number of hydrogen-bond acceptors (Lipinski definition) is 8. The Hall–Kier alpha value is -5.30. The number of aromatic nitrogens is 1. The molecule has 5 N–H and O–H groups in total. The Morgan fingerprint density at radius 1 is 0.789 bits per heavy atom. The van der Waals surface area contributed by atoms with Crippen LogP contribution in [0.4, 0.5) is 4.79 Å². The summed E-state index contributed by atoms with van der Waals surface area (Å²) in [5.74, 6) is -2.25. The smallest absolute Gasteiger partial charge is 0.410 e. The standard InChI is InChI=1S/C44H62N6O7/c1-9-30(4)39(42(55)46-28-33-22-16-17-23-45-33)49-38(52)27-37(51)34(24-29(2)3)47-40(53)35(25-31-18-12-10-13-19-31)48-41(54)36(26-32-20-14-11-15-21-32)50(8)43(56)57-44(5,6)7/h10-23,29-30,34-37,39,51H,9,24-28H2,1-8H3,(H,46,55)(H,47,53)(H,48,54)(H,49,52)/t30-,34-,35-,36-,37-,39-/m0/s1. The molecule has 0 bridgehead atoms. The fourth-order valence-electron chi connectivity index (χ4n) is 6.19. The maximum Gasteiger partial charge on any atom is 0.410 e. The minimum absolute atomic E-state index is 0.0122. The quantitative estimate of drug-likeness (QED) is 0.109. The Kier molecular flexibility index (Phi) is 18.1. The van der Waals surface area contributed by atoms with Gasteiger partial charge in [0.1, 0.15) is 23.7 Å². The predicted molar refractivity (Wildman–Crippen MR) is 219 cm³/mol. The highest BCUT2D eigenvalue weighted by atomic mass is 16.6. The van der Waals surface area contributed by atoms with Crippen molar-refractivity contribution < 1.29 is 33.8 Å². The Morgan fingerprint density at radius 3 is 1.93 bits per heavy atom. The van der Waals surface area contributed by atoms with Crippen LogP contribution >= 0.6 is 0 Å². The lowest BCUT2D eigenvalue weighted by Gasteiger charge is -2.32. The molecule has 3 aromatic rings. The molecule has 0 aliphatic heterocycles. The molecule has 0 aliphatic carbocycles. The van der Waals surface area contributed by atoms with Crippen LogP contribution in [0.1, 0.15) is 84.5 Å². The number of aliphatic hydroxyl groups excluding tert-OH is 1. The van der Waals surface area contributed by atoms with Crippen molar-refractivity contribution in [2.24, 2.45) is 11.8 Å². The van der Waals surface area contributed by atoms with E-state index in [2.05, 4.69) is 26.3 Å². The van der Waals surface area contributed by atoms with E-state index < -0.39 is 59.7 Å². The number of benzene rings is 2. The van der Waals surface area contributed by atoms with Crippen LogP contribution in [0.3, 0.4) is 0 Å². The van der Waals surface area contributed by atoms with Crippen molar-refractivity contribution in [2.45, 2.75) is 123 Å². The number of amides is 5. The molecular weight excluding hydrogens is 725 g/mol. The molecular formula is C44H62N6O7. The van der Waals surface area contributed by atoms with Gasteiger partial charge in [-0.25, -0.2) is 4.79 Å². The van der Waals surface area contributed by atoms with Gasteiger partial charge in [0.2, 0.25) is 23.6 Å². The average Bonchev–Trinajstić information content (AvgIpc) is 3.17. The van der Waals surface area contributed by atoms with E-state index in [-0.39, 0.29) is 43.6 Å². The average molecular weight is 787 g/mol. The lowest BCUT2D eigenvalue weighted by atomic mass is 9.95. The summed E-state index contributed by atoms with van der Waals surface area (Å²) in [7, 11) is 1.49. The maximum atomic E-state index is 14.2. The van der Waals surface area contributed by atoms with E-state index in [1.54, 1.807) is 39.1 Å². The van der Waals surface area contributed by atoms with Gasteiger partial charge in [0.25, 0.3) is 0 Å². The first kappa shape index (κ1) is 46.1. The second-order valence-corrected chi connectivity index (χ2v) is 16.0. The lowest BCUT2D eigenvalue weighted by molar-refractivity contribution is -0.133. The van der Waals surface area contributed by atoms with Crippen molar-refractivity contribution in [3.63, 3.8) is 0 Å². The number of rotatable bonds is 20. The number of nitrogens with one attached hydrogen (secondary N) is 4. The molecule has 5 amide bonds. The highest BCUT2D eigenvalue weighted by Crippen LogP contribution is 2.17. The van der Waals surface area contributed by atoms with Gasteiger partial charge < -0.3 is 31.1 Å². The Labute approximate surface area is 337 Å². The number of carbonyl (C=O) groups is 5. The summed E-state index contributed by atoms with van der Waals surface area (Å²) >= 11 is 0. The molecule has 0 unspecified atom stereocenters. The van der Waals surface area contributed by atoms with Gasteiger partial charge in [0, 0.05) is 26.1 Å². The Bertz CT molecular complexity index is 1720. The van der Waals surface area contributed by atoms with E-state index in [1.807, 2.05) is 94.4 Å². The number of aliphatic hydroxyl groups is 1. The fourth-order valence-corrected chi connectivity index (χ4v) is 6.19. The Balaban J connectivity index is 1.82.